The molecule has 3 rings (SSSR count). The number of rotatable bonds is 2. The van der Waals surface area contributed by atoms with Gasteiger partial charge in [-0.3, -0.25) is 0 Å². The third-order valence-electron chi connectivity index (χ3n) is 3.17. The number of aromatic nitrogens is 1. The van der Waals surface area contributed by atoms with Gasteiger partial charge in [0.1, 0.15) is 17.4 Å². The third-order valence-corrected chi connectivity index (χ3v) is 3.17. The normalized spacial score (nSPS) is 20.0. The van der Waals surface area contributed by atoms with Crippen LogP contribution in [0.2, 0.25) is 0 Å². The van der Waals surface area contributed by atoms with Crippen molar-refractivity contribution < 1.29 is 14.3 Å². The van der Waals surface area contributed by atoms with Gasteiger partial charge in [0.2, 0.25) is 0 Å². The molecule has 1 fully saturated rings. The van der Waals surface area contributed by atoms with Crippen molar-refractivity contribution in [1.29, 1.82) is 0 Å². The van der Waals surface area contributed by atoms with Crippen LogP contribution in [-0.4, -0.2) is 28.6 Å². The standard InChI is InChI=1S/C12H12N2O3/c15-12(16)9-2-1-6-14(9)11-8-4-7-17-10(8)3-5-13-11/h3-5,7,9H,1-2,6H2,(H,15,16)/t9-/m0/s1. The summed E-state index contributed by atoms with van der Waals surface area (Å²) in [4.78, 5) is 17.3. The lowest BCUT2D eigenvalue weighted by Crippen LogP contribution is -2.36. The fraction of sp³-hybridized carbons (Fsp3) is 0.333. The first kappa shape index (κ1) is 10.1. The molecule has 2 aromatic heterocycles. The van der Waals surface area contributed by atoms with Crippen molar-refractivity contribution in [2.45, 2.75) is 18.9 Å². The predicted molar refractivity (Wildman–Crippen MR) is 62.0 cm³/mol. The molecule has 5 heteroatoms. The Morgan fingerprint density at radius 3 is 3.24 bits per heavy atom. The highest BCUT2D eigenvalue weighted by molar-refractivity contribution is 5.91. The summed E-state index contributed by atoms with van der Waals surface area (Å²) in [6.07, 6.45) is 4.80. The number of aliphatic carboxylic acids is 1. The summed E-state index contributed by atoms with van der Waals surface area (Å²) in [6.45, 7) is 0.730. The van der Waals surface area contributed by atoms with E-state index in [9.17, 15) is 9.90 Å². The zero-order valence-electron chi connectivity index (χ0n) is 9.17. The summed E-state index contributed by atoms with van der Waals surface area (Å²) in [5.74, 6) is -0.0778. The van der Waals surface area contributed by atoms with Crippen LogP contribution in [0.15, 0.2) is 29.0 Å². The number of furan rings is 1. The minimum atomic E-state index is -0.787. The highest BCUT2D eigenvalue weighted by Gasteiger charge is 2.32. The molecule has 1 N–H and O–H groups in total. The number of carboxylic acid groups (broad SMARTS) is 1. The van der Waals surface area contributed by atoms with Crippen molar-refractivity contribution >= 4 is 22.8 Å². The van der Waals surface area contributed by atoms with Crippen LogP contribution in [0, 0.1) is 0 Å². The fourth-order valence-electron chi connectivity index (χ4n) is 2.39. The van der Waals surface area contributed by atoms with E-state index in [-0.39, 0.29) is 0 Å². The summed E-state index contributed by atoms with van der Waals surface area (Å²) in [5, 5.41) is 10.1. The number of fused-ring (bicyclic) bond motifs is 1. The van der Waals surface area contributed by atoms with Gasteiger partial charge in [-0.2, -0.15) is 0 Å². The van der Waals surface area contributed by atoms with Gasteiger partial charge in [-0.25, -0.2) is 9.78 Å². The van der Waals surface area contributed by atoms with E-state index in [4.69, 9.17) is 4.42 Å². The number of nitrogens with zero attached hydrogens (tertiary/aromatic N) is 2. The molecular weight excluding hydrogens is 220 g/mol. The van der Waals surface area contributed by atoms with Gasteiger partial charge in [0.15, 0.2) is 0 Å². The summed E-state index contributed by atoms with van der Waals surface area (Å²) in [6, 6.07) is 3.14. The van der Waals surface area contributed by atoms with Gasteiger partial charge in [0.05, 0.1) is 11.6 Å². The topological polar surface area (TPSA) is 66.6 Å². The largest absolute Gasteiger partial charge is 0.480 e. The van der Waals surface area contributed by atoms with Gasteiger partial charge in [-0.1, -0.05) is 0 Å². The molecule has 1 saturated heterocycles. The first-order valence-electron chi connectivity index (χ1n) is 5.59. The average Bonchev–Trinajstić information content (AvgIpc) is 2.97. The SMILES string of the molecule is O=C(O)[C@@H]1CCCN1c1nccc2occc12. The molecule has 1 atom stereocenters. The molecule has 1 aliphatic rings. The molecule has 0 aromatic carbocycles. The van der Waals surface area contributed by atoms with Crippen LogP contribution in [0.4, 0.5) is 5.82 Å². The molecular formula is C12H12N2O3. The molecule has 0 amide bonds. The van der Waals surface area contributed by atoms with E-state index in [1.54, 1.807) is 18.5 Å². The number of hydrogen-bond donors (Lipinski definition) is 1. The third kappa shape index (κ3) is 1.54. The quantitative estimate of drug-likeness (QED) is 0.856. The Bertz CT molecular complexity index is 564. The van der Waals surface area contributed by atoms with Gasteiger partial charge in [-0.05, 0) is 25.0 Å². The Kier molecular flexibility index (Phi) is 2.24. The van der Waals surface area contributed by atoms with Crippen LogP contribution in [0.3, 0.4) is 0 Å². The van der Waals surface area contributed by atoms with E-state index in [0.29, 0.717) is 12.2 Å². The lowest BCUT2D eigenvalue weighted by atomic mass is 10.2. The van der Waals surface area contributed by atoms with E-state index in [1.165, 1.54) is 0 Å². The zero-order valence-corrected chi connectivity index (χ0v) is 9.17. The smallest absolute Gasteiger partial charge is 0.326 e. The maximum atomic E-state index is 11.2. The van der Waals surface area contributed by atoms with Crippen LogP contribution >= 0.6 is 0 Å². The maximum Gasteiger partial charge on any atom is 0.326 e. The molecule has 5 nitrogen and oxygen atoms in total. The Hall–Kier alpha value is -2.04. The van der Waals surface area contributed by atoms with E-state index in [1.807, 2.05) is 11.0 Å². The molecule has 0 saturated carbocycles. The Morgan fingerprint density at radius 1 is 1.53 bits per heavy atom. The summed E-state index contributed by atoms with van der Waals surface area (Å²) < 4.78 is 5.30. The number of hydrogen-bond acceptors (Lipinski definition) is 4. The average molecular weight is 232 g/mol. The first-order chi connectivity index (χ1) is 8.27. The molecule has 0 bridgehead atoms. The second-order valence-corrected chi connectivity index (χ2v) is 4.16. The van der Waals surface area contributed by atoms with Crippen molar-refractivity contribution in [1.82, 2.24) is 4.98 Å². The molecule has 3 heterocycles. The van der Waals surface area contributed by atoms with Crippen molar-refractivity contribution in [3.63, 3.8) is 0 Å². The van der Waals surface area contributed by atoms with Crippen LogP contribution in [-0.2, 0) is 4.79 Å². The minimum absolute atomic E-state index is 0.469. The highest BCUT2D eigenvalue weighted by atomic mass is 16.4. The monoisotopic (exact) mass is 232 g/mol. The Labute approximate surface area is 97.7 Å². The van der Waals surface area contributed by atoms with E-state index >= 15 is 0 Å². The molecule has 0 aliphatic carbocycles. The molecule has 0 spiro atoms. The number of carboxylic acids is 1. The number of anilines is 1. The lowest BCUT2D eigenvalue weighted by Gasteiger charge is -2.22. The number of pyridine rings is 1. The maximum absolute atomic E-state index is 11.2. The van der Waals surface area contributed by atoms with E-state index in [2.05, 4.69) is 4.98 Å². The van der Waals surface area contributed by atoms with Gasteiger partial charge < -0.3 is 14.4 Å². The van der Waals surface area contributed by atoms with Crippen molar-refractivity contribution in [3.05, 3.63) is 24.6 Å². The van der Waals surface area contributed by atoms with Crippen molar-refractivity contribution in [3.8, 4) is 0 Å². The summed E-state index contributed by atoms with van der Waals surface area (Å²) in [7, 11) is 0. The molecule has 0 unspecified atom stereocenters. The van der Waals surface area contributed by atoms with Gasteiger partial charge in [0.25, 0.3) is 0 Å². The minimum Gasteiger partial charge on any atom is -0.480 e. The zero-order chi connectivity index (χ0) is 11.8. The van der Waals surface area contributed by atoms with Gasteiger partial charge >= 0.3 is 5.97 Å². The van der Waals surface area contributed by atoms with Crippen molar-refractivity contribution in [2.24, 2.45) is 0 Å². The lowest BCUT2D eigenvalue weighted by molar-refractivity contribution is -0.138. The summed E-state index contributed by atoms with van der Waals surface area (Å²) in [5.41, 5.74) is 0.742. The summed E-state index contributed by atoms with van der Waals surface area (Å²) >= 11 is 0. The number of carbonyl (C=O) groups is 1. The van der Waals surface area contributed by atoms with Gasteiger partial charge in [0, 0.05) is 12.7 Å². The molecule has 1 aliphatic heterocycles. The Morgan fingerprint density at radius 2 is 2.41 bits per heavy atom. The van der Waals surface area contributed by atoms with Crippen LogP contribution in [0.5, 0.6) is 0 Å². The second kappa shape index (κ2) is 3.76. The molecule has 2 aromatic rings. The first-order valence-corrected chi connectivity index (χ1v) is 5.59. The molecule has 0 radical (unpaired) electrons. The fourth-order valence-corrected chi connectivity index (χ4v) is 2.39. The van der Waals surface area contributed by atoms with Gasteiger partial charge in [-0.15, -0.1) is 0 Å². The molecule has 17 heavy (non-hydrogen) atoms. The highest BCUT2D eigenvalue weighted by Crippen LogP contribution is 2.30. The molecule has 88 valence electrons. The van der Waals surface area contributed by atoms with Crippen LogP contribution in [0.25, 0.3) is 11.0 Å². The van der Waals surface area contributed by atoms with E-state index < -0.39 is 12.0 Å². The van der Waals surface area contributed by atoms with Crippen molar-refractivity contribution in [2.75, 3.05) is 11.4 Å². The van der Waals surface area contributed by atoms with Crippen LogP contribution in [0.1, 0.15) is 12.8 Å². The van der Waals surface area contributed by atoms with Crippen LogP contribution < -0.4 is 4.90 Å². The Balaban J connectivity index is 2.08. The predicted octanol–water partition coefficient (Wildman–Crippen LogP) is 1.88. The van der Waals surface area contributed by atoms with E-state index in [0.717, 1.165) is 23.9 Å². The second-order valence-electron chi connectivity index (χ2n) is 4.16.